The molecule has 0 fully saturated rings. The van der Waals surface area contributed by atoms with E-state index >= 15 is 0 Å². The lowest BCUT2D eigenvalue weighted by atomic mass is 10.0. The number of halogens is 2. The predicted molar refractivity (Wildman–Crippen MR) is 142 cm³/mol. The zero-order chi connectivity index (χ0) is 25.7. The Morgan fingerprint density at radius 1 is 1.06 bits per heavy atom. The molecule has 0 aliphatic rings. The average Bonchev–Trinajstić information content (AvgIpc) is 3.17. The molecule has 0 saturated carbocycles. The van der Waals surface area contributed by atoms with Crippen LogP contribution in [0.15, 0.2) is 41.6 Å². The fraction of sp³-hybridized carbons (Fsp3) is 0.360. The molecule has 2 aromatic carbocycles. The molecule has 0 aliphatic heterocycles. The number of aryl methyl sites for hydroxylation is 2. The molecule has 0 aliphatic carbocycles. The predicted octanol–water partition coefficient (Wildman–Crippen LogP) is 6.08. The molecule has 1 heterocycles. The van der Waals surface area contributed by atoms with Crippen LogP contribution in [-0.4, -0.2) is 32.3 Å². The number of nitrogens with zero attached hydrogens (tertiary/aromatic N) is 3. The Balaban J connectivity index is 1.73. The van der Waals surface area contributed by atoms with E-state index in [1.165, 1.54) is 17.8 Å². The summed E-state index contributed by atoms with van der Waals surface area (Å²) in [5.74, 6) is 0.393. The van der Waals surface area contributed by atoms with Crippen LogP contribution in [0.3, 0.4) is 0 Å². The summed E-state index contributed by atoms with van der Waals surface area (Å²) in [5.41, 5.74) is 3.28. The molecular formula is C25H29Cl2N5O2S. The second-order valence-corrected chi connectivity index (χ2v) is 10.4. The smallest absolute Gasteiger partial charge is 0.253 e. The van der Waals surface area contributed by atoms with Crippen molar-refractivity contribution in [3.63, 3.8) is 0 Å². The Labute approximate surface area is 220 Å². The third-order valence-corrected chi connectivity index (χ3v) is 6.82. The number of rotatable bonds is 9. The number of carbonyl (C=O) groups is 2. The highest BCUT2D eigenvalue weighted by Gasteiger charge is 2.27. The van der Waals surface area contributed by atoms with Crippen LogP contribution in [0.25, 0.3) is 0 Å². The highest BCUT2D eigenvalue weighted by atomic mass is 35.5. The maximum Gasteiger partial charge on any atom is 0.253 e. The summed E-state index contributed by atoms with van der Waals surface area (Å²) >= 11 is 13.5. The quantitative estimate of drug-likeness (QED) is 0.325. The maximum absolute atomic E-state index is 13.0. The molecule has 186 valence electrons. The lowest BCUT2D eigenvalue weighted by molar-refractivity contribution is -0.113. The van der Waals surface area contributed by atoms with Crippen LogP contribution >= 0.6 is 35.0 Å². The molecule has 1 atom stereocenters. The molecular weight excluding hydrogens is 505 g/mol. The van der Waals surface area contributed by atoms with Gasteiger partial charge in [0, 0.05) is 17.3 Å². The number of aromatic nitrogens is 3. The molecule has 7 nitrogen and oxygen atoms in total. The van der Waals surface area contributed by atoms with Gasteiger partial charge in [0.15, 0.2) is 11.0 Å². The Morgan fingerprint density at radius 3 is 2.34 bits per heavy atom. The Morgan fingerprint density at radius 2 is 1.74 bits per heavy atom. The molecule has 0 bridgehead atoms. The summed E-state index contributed by atoms with van der Waals surface area (Å²) in [6.45, 7) is 10.5. The molecule has 35 heavy (non-hydrogen) atoms. The van der Waals surface area contributed by atoms with Gasteiger partial charge in [-0.25, -0.2) is 0 Å². The number of carbonyl (C=O) groups excluding carboxylic acids is 2. The van der Waals surface area contributed by atoms with E-state index in [-0.39, 0.29) is 28.5 Å². The van der Waals surface area contributed by atoms with Gasteiger partial charge in [-0.2, -0.15) is 0 Å². The highest BCUT2D eigenvalue weighted by molar-refractivity contribution is 7.99. The molecule has 0 unspecified atom stereocenters. The largest absolute Gasteiger partial charge is 0.342 e. The van der Waals surface area contributed by atoms with Gasteiger partial charge in [0.25, 0.3) is 5.91 Å². The topological polar surface area (TPSA) is 88.9 Å². The molecule has 0 saturated heterocycles. The van der Waals surface area contributed by atoms with E-state index < -0.39 is 6.04 Å². The van der Waals surface area contributed by atoms with Crippen LogP contribution in [-0.2, 0) is 11.3 Å². The molecule has 2 amide bonds. The first-order valence-corrected chi connectivity index (χ1v) is 13.0. The standard InChI is InChI=1S/C25H29Cl2N5O2S/c1-6-32-23(22(14(2)3)29-24(34)19-8-7-17(26)12-20(19)27)30-31-25(32)35-13-21(33)28-18-10-15(4)9-16(5)11-18/h7-12,14,22H,6,13H2,1-5H3,(H,28,33)(H,29,34)/t22-/m0/s1. The zero-order valence-electron chi connectivity index (χ0n) is 20.4. The average molecular weight is 535 g/mol. The minimum atomic E-state index is -0.403. The van der Waals surface area contributed by atoms with E-state index in [0.29, 0.717) is 28.1 Å². The maximum atomic E-state index is 13.0. The van der Waals surface area contributed by atoms with Crippen molar-refractivity contribution in [3.05, 3.63) is 69.0 Å². The fourth-order valence-electron chi connectivity index (χ4n) is 3.73. The van der Waals surface area contributed by atoms with E-state index in [9.17, 15) is 9.59 Å². The third-order valence-electron chi connectivity index (χ3n) is 5.31. The van der Waals surface area contributed by atoms with Gasteiger partial charge >= 0.3 is 0 Å². The van der Waals surface area contributed by atoms with Crippen molar-refractivity contribution in [1.29, 1.82) is 0 Å². The molecule has 1 aromatic heterocycles. The van der Waals surface area contributed by atoms with E-state index in [2.05, 4.69) is 26.9 Å². The van der Waals surface area contributed by atoms with Crippen molar-refractivity contribution in [2.75, 3.05) is 11.1 Å². The molecule has 0 radical (unpaired) electrons. The first kappa shape index (κ1) is 27.0. The van der Waals surface area contributed by atoms with Crippen LogP contribution in [0, 0.1) is 19.8 Å². The Hall–Kier alpha value is -2.55. The number of nitrogens with one attached hydrogen (secondary N) is 2. The van der Waals surface area contributed by atoms with E-state index in [1.54, 1.807) is 12.1 Å². The summed E-state index contributed by atoms with van der Waals surface area (Å²) in [5, 5.41) is 16.0. The van der Waals surface area contributed by atoms with Crippen LogP contribution in [0.2, 0.25) is 10.0 Å². The van der Waals surface area contributed by atoms with Crippen LogP contribution in [0.4, 0.5) is 5.69 Å². The number of hydrogen-bond acceptors (Lipinski definition) is 5. The highest BCUT2D eigenvalue weighted by Crippen LogP contribution is 2.27. The lowest BCUT2D eigenvalue weighted by Gasteiger charge is -2.22. The number of amides is 2. The fourth-order valence-corrected chi connectivity index (χ4v) is 5.03. The SMILES string of the molecule is CCn1c(SCC(=O)Nc2cc(C)cc(C)c2)nnc1[C@@H](NC(=O)c1ccc(Cl)cc1Cl)C(C)C. The minimum Gasteiger partial charge on any atom is -0.342 e. The van der Waals surface area contributed by atoms with Gasteiger partial charge in [-0.1, -0.05) is 54.9 Å². The van der Waals surface area contributed by atoms with Crippen molar-refractivity contribution < 1.29 is 9.59 Å². The minimum absolute atomic E-state index is 0.0326. The van der Waals surface area contributed by atoms with Crippen LogP contribution in [0.1, 0.15) is 54.1 Å². The summed E-state index contributed by atoms with van der Waals surface area (Å²) in [7, 11) is 0. The van der Waals surface area contributed by atoms with Crippen molar-refractivity contribution in [2.45, 2.75) is 52.4 Å². The van der Waals surface area contributed by atoms with Gasteiger partial charge in [0.1, 0.15) is 0 Å². The van der Waals surface area contributed by atoms with Gasteiger partial charge in [-0.3, -0.25) is 9.59 Å². The third kappa shape index (κ3) is 6.99. The zero-order valence-corrected chi connectivity index (χ0v) is 22.7. The summed E-state index contributed by atoms with van der Waals surface area (Å²) in [6.07, 6.45) is 0. The Kier molecular flexibility index (Phi) is 9.21. The monoisotopic (exact) mass is 533 g/mol. The molecule has 3 aromatic rings. The number of thioether (sulfide) groups is 1. The second kappa shape index (κ2) is 11.9. The van der Waals surface area contributed by atoms with E-state index in [4.69, 9.17) is 23.2 Å². The summed E-state index contributed by atoms with van der Waals surface area (Å²) in [6, 6.07) is 10.3. The molecule has 2 N–H and O–H groups in total. The summed E-state index contributed by atoms with van der Waals surface area (Å²) in [4.78, 5) is 25.5. The lowest BCUT2D eigenvalue weighted by Crippen LogP contribution is -2.34. The van der Waals surface area contributed by atoms with Crippen molar-refractivity contribution in [1.82, 2.24) is 20.1 Å². The number of anilines is 1. The number of benzene rings is 2. The van der Waals surface area contributed by atoms with E-state index in [0.717, 1.165) is 16.8 Å². The van der Waals surface area contributed by atoms with E-state index in [1.807, 2.05) is 51.3 Å². The molecule has 10 heteroatoms. The van der Waals surface area contributed by atoms with Gasteiger partial charge < -0.3 is 15.2 Å². The first-order chi connectivity index (χ1) is 16.6. The Bertz CT molecular complexity index is 1210. The summed E-state index contributed by atoms with van der Waals surface area (Å²) < 4.78 is 1.92. The van der Waals surface area contributed by atoms with Gasteiger partial charge in [0.2, 0.25) is 5.91 Å². The van der Waals surface area contributed by atoms with Crippen molar-refractivity contribution >= 4 is 52.5 Å². The van der Waals surface area contributed by atoms with Gasteiger partial charge in [-0.05, 0) is 68.1 Å². The van der Waals surface area contributed by atoms with Crippen molar-refractivity contribution in [3.8, 4) is 0 Å². The number of hydrogen-bond donors (Lipinski definition) is 2. The normalized spacial score (nSPS) is 12.0. The van der Waals surface area contributed by atoms with Gasteiger partial charge in [0.05, 0.1) is 22.4 Å². The molecule has 0 spiro atoms. The van der Waals surface area contributed by atoms with Crippen LogP contribution < -0.4 is 10.6 Å². The van der Waals surface area contributed by atoms with Crippen molar-refractivity contribution in [2.24, 2.45) is 5.92 Å². The second-order valence-electron chi connectivity index (χ2n) is 8.62. The van der Waals surface area contributed by atoms with Gasteiger partial charge in [-0.15, -0.1) is 10.2 Å². The van der Waals surface area contributed by atoms with Crippen LogP contribution in [0.5, 0.6) is 0 Å². The molecule has 3 rings (SSSR count). The first-order valence-electron chi connectivity index (χ1n) is 11.3.